The normalized spacial score (nSPS) is 12.3. The first kappa shape index (κ1) is 19.0. The minimum absolute atomic E-state index is 0.108. The Morgan fingerprint density at radius 2 is 1.89 bits per heavy atom. The topological polar surface area (TPSA) is 45.2 Å². The molecule has 0 aliphatic carbocycles. The number of hydrogen-bond acceptors (Lipinski definition) is 3. The van der Waals surface area contributed by atoms with Crippen molar-refractivity contribution in [1.29, 1.82) is 0 Å². The third kappa shape index (κ3) is 4.68. The van der Waals surface area contributed by atoms with Crippen LogP contribution in [0.25, 0.3) is 10.9 Å². The van der Waals surface area contributed by atoms with Gasteiger partial charge in [0.05, 0.1) is 22.8 Å². The fourth-order valence-corrected chi connectivity index (χ4v) is 3.10. The van der Waals surface area contributed by atoms with Crippen molar-refractivity contribution in [3.8, 4) is 0 Å². The summed E-state index contributed by atoms with van der Waals surface area (Å²) in [6.45, 7) is 2.65. The predicted octanol–water partition coefficient (Wildman–Crippen LogP) is 4.11. The molecule has 3 aromatic rings. The Bertz CT molecular complexity index is 941. The molecule has 1 aromatic heterocycles. The molecule has 0 aliphatic rings. The van der Waals surface area contributed by atoms with Crippen molar-refractivity contribution in [1.82, 2.24) is 15.2 Å². The molecule has 1 N–H and O–H groups in total. The van der Waals surface area contributed by atoms with Crippen LogP contribution in [0.5, 0.6) is 0 Å². The van der Waals surface area contributed by atoms with Crippen molar-refractivity contribution < 1.29 is 9.18 Å². The summed E-state index contributed by atoms with van der Waals surface area (Å²) in [4.78, 5) is 19.5. The Morgan fingerprint density at radius 1 is 1.15 bits per heavy atom. The number of nitrogens with zero attached hydrogens (tertiary/aromatic N) is 2. The molecule has 4 nitrogen and oxygen atoms in total. The number of rotatable bonds is 6. The van der Waals surface area contributed by atoms with Gasteiger partial charge < -0.3 is 10.2 Å². The zero-order valence-electron chi connectivity index (χ0n) is 15.9. The lowest BCUT2D eigenvalue weighted by Crippen LogP contribution is -2.31. The number of nitrogens with one attached hydrogen (secondary N) is 1. The summed E-state index contributed by atoms with van der Waals surface area (Å²) >= 11 is 0. The Labute approximate surface area is 159 Å². The van der Waals surface area contributed by atoms with Crippen LogP contribution in [0.4, 0.5) is 4.39 Å². The summed E-state index contributed by atoms with van der Waals surface area (Å²) < 4.78 is 13.5. The van der Waals surface area contributed by atoms with Crippen LogP contribution in [0, 0.1) is 12.7 Å². The maximum absolute atomic E-state index is 13.5. The molecule has 0 radical (unpaired) electrons. The highest BCUT2D eigenvalue weighted by atomic mass is 19.1. The fourth-order valence-electron chi connectivity index (χ4n) is 3.10. The number of amides is 1. The van der Waals surface area contributed by atoms with Gasteiger partial charge in [-0.05, 0) is 63.8 Å². The molecule has 0 bridgehead atoms. The van der Waals surface area contributed by atoms with E-state index in [2.05, 4.69) is 15.2 Å². The van der Waals surface area contributed by atoms with Gasteiger partial charge in [0.15, 0.2) is 0 Å². The van der Waals surface area contributed by atoms with Crippen LogP contribution >= 0.6 is 0 Å². The van der Waals surface area contributed by atoms with Gasteiger partial charge in [0.1, 0.15) is 5.82 Å². The van der Waals surface area contributed by atoms with Crippen LogP contribution < -0.4 is 5.32 Å². The SMILES string of the molecule is Cc1nc2ccc(F)cc2cc1C(=O)NC(CCN(C)C)c1ccccc1. The van der Waals surface area contributed by atoms with Gasteiger partial charge in [0.2, 0.25) is 0 Å². The Kier molecular flexibility index (Phi) is 5.81. The minimum Gasteiger partial charge on any atom is -0.345 e. The molecule has 140 valence electrons. The zero-order valence-corrected chi connectivity index (χ0v) is 15.9. The molecule has 0 aliphatic heterocycles. The van der Waals surface area contributed by atoms with E-state index in [-0.39, 0.29) is 17.8 Å². The summed E-state index contributed by atoms with van der Waals surface area (Å²) in [6, 6.07) is 15.9. The van der Waals surface area contributed by atoms with Gasteiger partial charge in [-0.25, -0.2) is 4.39 Å². The second-order valence-electron chi connectivity index (χ2n) is 6.99. The number of aryl methyl sites for hydroxylation is 1. The number of benzene rings is 2. The summed E-state index contributed by atoms with van der Waals surface area (Å²) in [6.07, 6.45) is 0.789. The molecule has 27 heavy (non-hydrogen) atoms. The second kappa shape index (κ2) is 8.27. The number of carbonyl (C=O) groups is 1. The van der Waals surface area contributed by atoms with Crippen LogP contribution in [0.3, 0.4) is 0 Å². The monoisotopic (exact) mass is 365 g/mol. The molecule has 0 saturated heterocycles. The van der Waals surface area contributed by atoms with Gasteiger partial charge in [-0.15, -0.1) is 0 Å². The lowest BCUT2D eigenvalue weighted by Gasteiger charge is -2.22. The fraction of sp³-hybridized carbons (Fsp3) is 0.273. The van der Waals surface area contributed by atoms with E-state index in [1.807, 2.05) is 44.4 Å². The molecule has 0 spiro atoms. The molecule has 0 fully saturated rings. The Hall–Kier alpha value is -2.79. The highest BCUT2D eigenvalue weighted by molar-refractivity contribution is 5.98. The highest BCUT2D eigenvalue weighted by Crippen LogP contribution is 2.21. The van der Waals surface area contributed by atoms with E-state index in [0.29, 0.717) is 22.2 Å². The predicted molar refractivity (Wildman–Crippen MR) is 106 cm³/mol. The Balaban J connectivity index is 1.88. The van der Waals surface area contributed by atoms with Crippen LogP contribution in [0.1, 0.15) is 34.1 Å². The first-order valence-corrected chi connectivity index (χ1v) is 9.01. The van der Waals surface area contributed by atoms with Crippen molar-refractivity contribution in [3.05, 3.63) is 77.2 Å². The molecule has 1 unspecified atom stereocenters. The Morgan fingerprint density at radius 3 is 2.59 bits per heavy atom. The molecule has 1 amide bonds. The quantitative estimate of drug-likeness (QED) is 0.715. The third-order valence-corrected chi connectivity index (χ3v) is 4.58. The molecule has 0 saturated carbocycles. The van der Waals surface area contributed by atoms with Gasteiger partial charge in [-0.3, -0.25) is 9.78 Å². The van der Waals surface area contributed by atoms with Gasteiger partial charge in [-0.2, -0.15) is 0 Å². The minimum atomic E-state index is -0.340. The van der Waals surface area contributed by atoms with Gasteiger partial charge in [0.25, 0.3) is 5.91 Å². The number of carbonyl (C=O) groups excluding carboxylic acids is 1. The van der Waals surface area contributed by atoms with E-state index in [0.717, 1.165) is 18.5 Å². The molecular formula is C22H24FN3O. The van der Waals surface area contributed by atoms with Crippen LogP contribution in [0.2, 0.25) is 0 Å². The van der Waals surface area contributed by atoms with E-state index in [1.165, 1.54) is 12.1 Å². The molecule has 1 atom stereocenters. The second-order valence-corrected chi connectivity index (χ2v) is 6.99. The smallest absolute Gasteiger partial charge is 0.253 e. The van der Waals surface area contributed by atoms with Crippen molar-refractivity contribution >= 4 is 16.8 Å². The highest BCUT2D eigenvalue weighted by Gasteiger charge is 2.18. The number of fused-ring (bicyclic) bond motifs is 1. The van der Waals surface area contributed by atoms with E-state index < -0.39 is 0 Å². The van der Waals surface area contributed by atoms with E-state index in [9.17, 15) is 9.18 Å². The maximum Gasteiger partial charge on any atom is 0.253 e. The summed E-state index contributed by atoms with van der Waals surface area (Å²) in [5.41, 5.74) is 2.84. The van der Waals surface area contributed by atoms with Gasteiger partial charge in [-0.1, -0.05) is 30.3 Å². The molecule has 5 heteroatoms. The van der Waals surface area contributed by atoms with Crippen LogP contribution in [-0.4, -0.2) is 36.4 Å². The average molecular weight is 365 g/mol. The molecular weight excluding hydrogens is 341 g/mol. The number of halogens is 1. The van der Waals surface area contributed by atoms with E-state index >= 15 is 0 Å². The summed E-state index contributed by atoms with van der Waals surface area (Å²) in [5, 5.41) is 3.75. The molecule has 2 aromatic carbocycles. The lowest BCUT2D eigenvalue weighted by molar-refractivity contribution is 0.0932. The number of hydrogen-bond donors (Lipinski definition) is 1. The summed E-state index contributed by atoms with van der Waals surface area (Å²) in [5.74, 6) is -0.536. The van der Waals surface area contributed by atoms with E-state index in [1.54, 1.807) is 19.1 Å². The maximum atomic E-state index is 13.5. The molecule has 3 rings (SSSR count). The van der Waals surface area contributed by atoms with E-state index in [4.69, 9.17) is 0 Å². The lowest BCUT2D eigenvalue weighted by atomic mass is 10.0. The first-order chi connectivity index (χ1) is 12.9. The number of pyridine rings is 1. The zero-order chi connectivity index (χ0) is 19.4. The standard InChI is InChI=1S/C22H24FN3O/c1-15-19(14-17-13-18(23)9-10-20(17)24-15)22(27)25-21(11-12-26(2)3)16-7-5-4-6-8-16/h4-10,13-14,21H,11-12H2,1-3H3,(H,25,27). The summed E-state index contributed by atoms with van der Waals surface area (Å²) in [7, 11) is 4.02. The number of aromatic nitrogens is 1. The largest absolute Gasteiger partial charge is 0.345 e. The van der Waals surface area contributed by atoms with Crippen molar-refractivity contribution in [3.63, 3.8) is 0 Å². The van der Waals surface area contributed by atoms with Crippen molar-refractivity contribution in [2.45, 2.75) is 19.4 Å². The van der Waals surface area contributed by atoms with Gasteiger partial charge >= 0.3 is 0 Å². The van der Waals surface area contributed by atoms with Gasteiger partial charge in [0, 0.05) is 5.39 Å². The first-order valence-electron chi connectivity index (χ1n) is 9.01. The average Bonchev–Trinajstić information content (AvgIpc) is 2.65. The van der Waals surface area contributed by atoms with Crippen molar-refractivity contribution in [2.24, 2.45) is 0 Å². The van der Waals surface area contributed by atoms with Crippen molar-refractivity contribution in [2.75, 3.05) is 20.6 Å². The molecule has 1 heterocycles. The third-order valence-electron chi connectivity index (χ3n) is 4.58. The van der Waals surface area contributed by atoms with Crippen LogP contribution in [0.15, 0.2) is 54.6 Å². The van der Waals surface area contributed by atoms with Crippen LogP contribution in [-0.2, 0) is 0 Å².